The number of hydrogen-bond acceptors (Lipinski definition) is 4. The summed E-state index contributed by atoms with van der Waals surface area (Å²) in [7, 11) is 1.74. The molecule has 2 aromatic rings. The maximum atomic E-state index is 12.1. The number of carbonyl (C=O) groups is 1. The average Bonchev–Trinajstić information content (AvgIpc) is 2.53. The average molecular weight is 351 g/mol. The lowest BCUT2D eigenvalue weighted by atomic mass is 10.2. The van der Waals surface area contributed by atoms with E-state index in [9.17, 15) is 14.9 Å². The van der Waals surface area contributed by atoms with E-state index in [1.807, 2.05) is 18.2 Å². The molecule has 0 aliphatic carbocycles. The Balaban J connectivity index is 1.87. The van der Waals surface area contributed by atoms with Crippen LogP contribution in [0.2, 0.25) is 5.02 Å². The molecule has 1 amide bonds. The number of rotatable bonds is 6. The van der Waals surface area contributed by atoms with E-state index in [1.54, 1.807) is 30.1 Å². The van der Waals surface area contributed by atoms with Crippen LogP contribution < -0.4 is 0 Å². The number of nitro groups is 1. The summed E-state index contributed by atoms with van der Waals surface area (Å²) in [6.45, 7) is 0.486. The van der Waals surface area contributed by atoms with E-state index in [0.717, 1.165) is 10.5 Å². The first-order valence-electron chi connectivity index (χ1n) is 6.81. The summed E-state index contributed by atoms with van der Waals surface area (Å²) < 4.78 is 0. The van der Waals surface area contributed by atoms with Gasteiger partial charge in [-0.2, -0.15) is 0 Å². The summed E-state index contributed by atoms with van der Waals surface area (Å²) >= 11 is 7.28. The molecule has 0 N–H and O–H groups in total. The molecule has 0 saturated heterocycles. The number of hydrogen-bond donors (Lipinski definition) is 0. The van der Waals surface area contributed by atoms with Gasteiger partial charge in [0, 0.05) is 35.6 Å². The Labute approximate surface area is 143 Å². The molecular weight excluding hydrogens is 336 g/mol. The van der Waals surface area contributed by atoms with Crippen LogP contribution in [0.1, 0.15) is 5.56 Å². The molecule has 0 saturated carbocycles. The van der Waals surface area contributed by atoms with Crippen LogP contribution in [-0.2, 0) is 11.3 Å². The fraction of sp³-hybridized carbons (Fsp3) is 0.188. The monoisotopic (exact) mass is 350 g/mol. The number of nitrogens with zero attached hydrogens (tertiary/aromatic N) is 2. The molecule has 0 atom stereocenters. The van der Waals surface area contributed by atoms with Gasteiger partial charge in [0.05, 0.1) is 10.7 Å². The zero-order valence-electron chi connectivity index (χ0n) is 12.4. The summed E-state index contributed by atoms with van der Waals surface area (Å²) in [5.41, 5.74) is 1.01. The Hall–Kier alpha value is -2.05. The molecule has 0 fully saturated rings. The summed E-state index contributed by atoms with van der Waals surface area (Å²) in [5, 5.41) is 11.2. The van der Waals surface area contributed by atoms with Gasteiger partial charge in [-0.15, -0.1) is 11.8 Å². The van der Waals surface area contributed by atoms with Crippen LogP contribution in [0.25, 0.3) is 0 Å². The molecule has 0 aliphatic heterocycles. The van der Waals surface area contributed by atoms with Crippen molar-refractivity contribution in [2.45, 2.75) is 11.4 Å². The minimum Gasteiger partial charge on any atom is -0.341 e. The normalized spacial score (nSPS) is 10.3. The SMILES string of the molecule is CN(Cc1cccc(Cl)c1)C(=O)CSc1ccc([N+](=O)[O-])cc1. The largest absolute Gasteiger partial charge is 0.341 e. The lowest BCUT2D eigenvalue weighted by Crippen LogP contribution is -2.27. The minimum atomic E-state index is -0.446. The molecule has 5 nitrogen and oxygen atoms in total. The fourth-order valence-corrected chi connectivity index (χ4v) is 2.97. The maximum Gasteiger partial charge on any atom is 0.269 e. The standard InChI is InChI=1S/C16H15ClN2O3S/c1-18(10-12-3-2-4-13(17)9-12)16(20)11-23-15-7-5-14(6-8-15)19(21)22/h2-9H,10-11H2,1H3. The molecule has 0 radical (unpaired) electrons. The molecule has 2 rings (SSSR count). The number of benzene rings is 2. The molecule has 0 aromatic heterocycles. The van der Waals surface area contributed by atoms with Crippen molar-refractivity contribution in [2.75, 3.05) is 12.8 Å². The van der Waals surface area contributed by atoms with Gasteiger partial charge in [0.15, 0.2) is 0 Å². The highest BCUT2D eigenvalue weighted by Gasteiger charge is 2.11. The van der Waals surface area contributed by atoms with Gasteiger partial charge < -0.3 is 4.90 Å². The fourth-order valence-electron chi connectivity index (χ4n) is 1.92. The zero-order chi connectivity index (χ0) is 16.8. The third-order valence-electron chi connectivity index (χ3n) is 3.14. The first kappa shape index (κ1) is 17.3. The molecule has 23 heavy (non-hydrogen) atoms. The minimum absolute atomic E-state index is 0.0201. The highest BCUT2D eigenvalue weighted by Crippen LogP contribution is 2.22. The topological polar surface area (TPSA) is 63.5 Å². The second-order valence-corrected chi connectivity index (χ2v) is 6.40. The highest BCUT2D eigenvalue weighted by atomic mass is 35.5. The number of nitro benzene ring substituents is 1. The summed E-state index contributed by atoms with van der Waals surface area (Å²) in [4.78, 5) is 24.7. The predicted molar refractivity (Wildman–Crippen MR) is 91.7 cm³/mol. The van der Waals surface area contributed by atoms with E-state index in [-0.39, 0.29) is 17.3 Å². The van der Waals surface area contributed by atoms with Crippen LogP contribution in [0.3, 0.4) is 0 Å². The number of halogens is 1. The summed E-state index contributed by atoms with van der Waals surface area (Å²) in [5.74, 6) is 0.253. The number of thioether (sulfide) groups is 1. The molecule has 7 heteroatoms. The highest BCUT2D eigenvalue weighted by molar-refractivity contribution is 8.00. The second-order valence-electron chi connectivity index (χ2n) is 4.92. The molecule has 0 unspecified atom stereocenters. The van der Waals surface area contributed by atoms with E-state index >= 15 is 0 Å². The quantitative estimate of drug-likeness (QED) is 0.449. The Morgan fingerprint density at radius 1 is 1.26 bits per heavy atom. The zero-order valence-corrected chi connectivity index (χ0v) is 14.0. The van der Waals surface area contributed by atoms with Crippen LogP contribution in [0.4, 0.5) is 5.69 Å². The molecule has 0 aliphatic rings. The van der Waals surface area contributed by atoms with Crippen molar-refractivity contribution < 1.29 is 9.72 Å². The summed E-state index contributed by atoms with van der Waals surface area (Å²) in [6, 6.07) is 13.5. The van der Waals surface area contributed by atoms with Crippen molar-refractivity contribution in [1.29, 1.82) is 0 Å². The van der Waals surface area contributed by atoms with Gasteiger partial charge in [0.1, 0.15) is 0 Å². The van der Waals surface area contributed by atoms with E-state index in [0.29, 0.717) is 11.6 Å². The van der Waals surface area contributed by atoms with Gasteiger partial charge in [-0.3, -0.25) is 14.9 Å². The van der Waals surface area contributed by atoms with Gasteiger partial charge in [-0.1, -0.05) is 23.7 Å². The molecule has 0 bridgehead atoms. The molecular formula is C16H15ClN2O3S. The molecule has 0 spiro atoms. The Kier molecular flexibility index (Phi) is 6.01. The van der Waals surface area contributed by atoms with Crippen LogP contribution in [0.5, 0.6) is 0 Å². The van der Waals surface area contributed by atoms with Crippen molar-refractivity contribution in [1.82, 2.24) is 4.90 Å². The molecule has 2 aromatic carbocycles. The van der Waals surface area contributed by atoms with Crippen molar-refractivity contribution in [3.05, 3.63) is 69.2 Å². The lowest BCUT2D eigenvalue weighted by molar-refractivity contribution is -0.384. The lowest BCUT2D eigenvalue weighted by Gasteiger charge is -2.17. The molecule has 0 heterocycles. The Bertz CT molecular complexity index is 707. The number of amides is 1. The third-order valence-corrected chi connectivity index (χ3v) is 4.38. The predicted octanol–water partition coefficient (Wildman–Crippen LogP) is 4.00. The van der Waals surface area contributed by atoms with Crippen LogP contribution in [0.15, 0.2) is 53.4 Å². The Morgan fingerprint density at radius 3 is 2.57 bits per heavy atom. The number of non-ortho nitro benzene ring substituents is 1. The Morgan fingerprint density at radius 2 is 1.96 bits per heavy atom. The van der Waals surface area contributed by atoms with E-state index in [1.165, 1.54) is 23.9 Å². The van der Waals surface area contributed by atoms with E-state index in [2.05, 4.69) is 0 Å². The van der Waals surface area contributed by atoms with Crippen LogP contribution in [0, 0.1) is 10.1 Å². The number of carbonyl (C=O) groups excluding carboxylic acids is 1. The van der Waals surface area contributed by atoms with E-state index < -0.39 is 4.92 Å². The third kappa shape index (κ3) is 5.26. The van der Waals surface area contributed by atoms with Crippen molar-refractivity contribution in [2.24, 2.45) is 0 Å². The summed E-state index contributed by atoms with van der Waals surface area (Å²) in [6.07, 6.45) is 0. The van der Waals surface area contributed by atoms with Gasteiger partial charge in [0.25, 0.3) is 5.69 Å². The van der Waals surface area contributed by atoms with Gasteiger partial charge in [-0.25, -0.2) is 0 Å². The van der Waals surface area contributed by atoms with Crippen molar-refractivity contribution >= 4 is 35.0 Å². The van der Waals surface area contributed by atoms with Gasteiger partial charge in [0.2, 0.25) is 5.91 Å². The van der Waals surface area contributed by atoms with Gasteiger partial charge in [-0.05, 0) is 29.8 Å². The van der Waals surface area contributed by atoms with E-state index in [4.69, 9.17) is 11.6 Å². The first-order valence-corrected chi connectivity index (χ1v) is 8.18. The van der Waals surface area contributed by atoms with Crippen LogP contribution >= 0.6 is 23.4 Å². The van der Waals surface area contributed by atoms with Crippen LogP contribution in [-0.4, -0.2) is 28.5 Å². The smallest absolute Gasteiger partial charge is 0.269 e. The van der Waals surface area contributed by atoms with Crippen molar-refractivity contribution in [3.63, 3.8) is 0 Å². The maximum absolute atomic E-state index is 12.1. The molecule has 120 valence electrons. The second kappa shape index (κ2) is 7.99. The first-order chi connectivity index (χ1) is 11.0. The van der Waals surface area contributed by atoms with Crippen molar-refractivity contribution in [3.8, 4) is 0 Å². The van der Waals surface area contributed by atoms with Gasteiger partial charge >= 0.3 is 0 Å².